The van der Waals surface area contributed by atoms with Crippen LogP contribution in [0.3, 0.4) is 0 Å². The molecule has 1 aliphatic rings. The van der Waals surface area contributed by atoms with Gasteiger partial charge in [0.2, 0.25) is 0 Å². The van der Waals surface area contributed by atoms with E-state index < -0.39 is 17.3 Å². The lowest BCUT2D eigenvalue weighted by Crippen LogP contribution is -2.45. The maximum atomic E-state index is 14.3. The number of hydrogen-bond acceptors (Lipinski definition) is 7. The number of anilines is 1. The second-order valence-electron chi connectivity index (χ2n) is 9.10. The molecule has 0 radical (unpaired) electrons. The van der Waals surface area contributed by atoms with Gasteiger partial charge in [0.15, 0.2) is 6.10 Å². The molecule has 0 unspecified atom stereocenters. The minimum absolute atomic E-state index is 0.293. The summed E-state index contributed by atoms with van der Waals surface area (Å²) in [5.41, 5.74) is 2.97. The lowest BCUT2D eigenvalue weighted by atomic mass is 10.0. The molecule has 0 aromatic heterocycles. The van der Waals surface area contributed by atoms with Gasteiger partial charge in [-0.25, -0.2) is 4.79 Å². The zero-order valence-electron chi connectivity index (χ0n) is 21.8. The van der Waals surface area contributed by atoms with Crippen molar-refractivity contribution in [1.82, 2.24) is 4.90 Å². The number of nitrogens with zero attached hydrogens (tertiary/aromatic N) is 2. The molecule has 194 valence electrons. The number of para-hydroxylation sites is 1. The molecule has 0 saturated carbocycles. The predicted octanol–water partition coefficient (Wildman–Crippen LogP) is 4.98. The van der Waals surface area contributed by atoms with Crippen LogP contribution in [0.25, 0.3) is 0 Å². The Hall–Kier alpha value is -3.49. The summed E-state index contributed by atoms with van der Waals surface area (Å²) in [4.78, 5) is 32.1. The fourth-order valence-electron chi connectivity index (χ4n) is 4.16. The first-order valence-corrected chi connectivity index (χ1v) is 12.9. The molecule has 3 aromatic rings. The van der Waals surface area contributed by atoms with Crippen LogP contribution < -0.4 is 14.4 Å². The monoisotopic (exact) mass is 520 g/mol. The summed E-state index contributed by atoms with van der Waals surface area (Å²) in [7, 11) is 7.11. The van der Waals surface area contributed by atoms with E-state index in [-0.39, 0.29) is 5.91 Å². The molecule has 1 heterocycles. The highest BCUT2D eigenvalue weighted by Crippen LogP contribution is 2.50. The van der Waals surface area contributed by atoms with E-state index in [1.165, 1.54) is 11.8 Å². The van der Waals surface area contributed by atoms with Gasteiger partial charge in [-0.2, -0.15) is 0 Å². The molecule has 3 aromatic carbocycles. The van der Waals surface area contributed by atoms with Crippen molar-refractivity contribution in [2.24, 2.45) is 0 Å². The largest absolute Gasteiger partial charge is 0.497 e. The maximum Gasteiger partial charge on any atom is 0.338 e. The highest BCUT2D eigenvalue weighted by molar-refractivity contribution is 7.99. The maximum absolute atomic E-state index is 14.3. The molecule has 0 aliphatic carbocycles. The number of esters is 1. The smallest absolute Gasteiger partial charge is 0.338 e. The third-order valence-electron chi connectivity index (χ3n) is 6.23. The van der Waals surface area contributed by atoms with Crippen LogP contribution in [0.5, 0.6) is 11.5 Å². The second kappa shape index (κ2) is 11.7. The minimum atomic E-state index is -1.06. The first-order chi connectivity index (χ1) is 17.8. The predicted molar refractivity (Wildman–Crippen MR) is 146 cm³/mol. The molecule has 1 aliphatic heterocycles. The molecule has 0 bridgehead atoms. The molecular weight excluding hydrogens is 488 g/mol. The Labute approximate surface area is 222 Å². The van der Waals surface area contributed by atoms with Gasteiger partial charge in [-0.1, -0.05) is 35.9 Å². The highest BCUT2D eigenvalue weighted by Gasteiger charge is 2.42. The van der Waals surface area contributed by atoms with Gasteiger partial charge in [0.25, 0.3) is 5.91 Å². The van der Waals surface area contributed by atoms with Crippen LogP contribution in [0, 0.1) is 6.92 Å². The molecule has 0 spiro atoms. The summed E-state index contributed by atoms with van der Waals surface area (Å²) < 4.78 is 17.0. The molecule has 37 heavy (non-hydrogen) atoms. The van der Waals surface area contributed by atoms with Crippen molar-refractivity contribution in [2.45, 2.75) is 23.2 Å². The number of methoxy groups -OCH3 is 2. The van der Waals surface area contributed by atoms with Crippen molar-refractivity contribution in [3.05, 3.63) is 83.4 Å². The molecular formula is C29H32N2O5S. The van der Waals surface area contributed by atoms with Crippen LogP contribution in [0.2, 0.25) is 0 Å². The van der Waals surface area contributed by atoms with Crippen LogP contribution >= 0.6 is 11.8 Å². The topological polar surface area (TPSA) is 68.3 Å². The van der Waals surface area contributed by atoms with Crippen LogP contribution in [-0.2, 0) is 9.53 Å². The lowest BCUT2D eigenvalue weighted by molar-refractivity contribution is -0.127. The number of fused-ring (bicyclic) bond motifs is 1. The number of thioether (sulfide) groups is 1. The van der Waals surface area contributed by atoms with Crippen molar-refractivity contribution in [1.29, 1.82) is 0 Å². The molecule has 0 fully saturated rings. The van der Waals surface area contributed by atoms with E-state index in [9.17, 15) is 9.59 Å². The Morgan fingerprint density at radius 2 is 1.68 bits per heavy atom. The third-order valence-corrected chi connectivity index (χ3v) is 7.58. The number of likely N-dealkylation sites (N-methyl/N-ethyl adjacent to an activating group) is 1. The van der Waals surface area contributed by atoms with E-state index in [0.29, 0.717) is 35.8 Å². The molecule has 4 rings (SSSR count). The molecule has 1 amide bonds. The van der Waals surface area contributed by atoms with Crippen molar-refractivity contribution in [3.63, 3.8) is 0 Å². The fraction of sp³-hybridized carbons (Fsp3) is 0.310. The number of hydrogen-bond donors (Lipinski definition) is 0. The second-order valence-corrected chi connectivity index (χ2v) is 10.3. The van der Waals surface area contributed by atoms with Crippen LogP contribution in [-0.4, -0.2) is 64.3 Å². The summed E-state index contributed by atoms with van der Waals surface area (Å²) in [6.45, 7) is 2.99. The van der Waals surface area contributed by atoms with Gasteiger partial charge < -0.3 is 24.0 Å². The number of aryl methyl sites for hydroxylation is 1. The Balaban J connectivity index is 1.81. The Morgan fingerprint density at radius 3 is 2.30 bits per heavy atom. The van der Waals surface area contributed by atoms with Crippen LogP contribution in [0.15, 0.2) is 71.6 Å². The zero-order chi connectivity index (χ0) is 26.5. The first kappa shape index (κ1) is 26.6. The van der Waals surface area contributed by atoms with E-state index in [1.54, 1.807) is 31.3 Å². The third kappa shape index (κ3) is 5.92. The quantitative estimate of drug-likeness (QED) is 0.388. The number of rotatable bonds is 8. The zero-order valence-corrected chi connectivity index (χ0v) is 22.6. The summed E-state index contributed by atoms with van der Waals surface area (Å²) in [6.07, 6.45) is -1.06. The first-order valence-electron chi connectivity index (χ1n) is 12.0. The van der Waals surface area contributed by atoms with Gasteiger partial charge in [0.05, 0.1) is 30.7 Å². The van der Waals surface area contributed by atoms with Gasteiger partial charge >= 0.3 is 5.97 Å². The number of carbonyl (C=O) groups is 2. The molecule has 7 nitrogen and oxygen atoms in total. The van der Waals surface area contributed by atoms with Crippen molar-refractivity contribution in [2.75, 3.05) is 46.3 Å². The van der Waals surface area contributed by atoms with E-state index in [4.69, 9.17) is 14.2 Å². The van der Waals surface area contributed by atoms with E-state index in [0.717, 1.165) is 16.0 Å². The summed E-state index contributed by atoms with van der Waals surface area (Å²) in [5, 5.41) is -0.483. The van der Waals surface area contributed by atoms with Gasteiger partial charge in [0.1, 0.15) is 11.5 Å². The van der Waals surface area contributed by atoms with Gasteiger partial charge in [0, 0.05) is 18.0 Å². The van der Waals surface area contributed by atoms with Crippen LogP contribution in [0.4, 0.5) is 5.69 Å². The van der Waals surface area contributed by atoms with Crippen molar-refractivity contribution < 1.29 is 23.8 Å². The number of carbonyl (C=O) groups excluding carboxylic acids is 2. The molecule has 2 atom stereocenters. The Bertz CT molecular complexity index is 1240. The summed E-state index contributed by atoms with van der Waals surface area (Å²) >= 11 is 1.49. The molecule has 0 saturated heterocycles. The van der Waals surface area contributed by atoms with Gasteiger partial charge in [-0.05, 0) is 63.0 Å². The highest BCUT2D eigenvalue weighted by atomic mass is 32.2. The van der Waals surface area contributed by atoms with Gasteiger partial charge in [-0.15, -0.1) is 11.8 Å². The molecule has 0 N–H and O–H groups in total. The Kier molecular flexibility index (Phi) is 8.41. The van der Waals surface area contributed by atoms with Crippen LogP contribution in [0.1, 0.15) is 26.7 Å². The standard InChI is InChI=1S/C29H32N2O5S/c1-19-9-11-21(12-10-19)29(33)36-26-27(20-13-15-22(34-4)16-14-20)37-24-8-6-7-23(35-5)25(24)31(28(26)32)18-17-30(2)3/h6-16,26-27H,17-18H2,1-5H3/t26-,27+/m0/s1. The van der Waals surface area contributed by atoms with E-state index in [2.05, 4.69) is 0 Å². The van der Waals surface area contributed by atoms with E-state index >= 15 is 0 Å². The number of benzene rings is 3. The molecule has 8 heteroatoms. The summed E-state index contributed by atoms with van der Waals surface area (Å²) in [5.74, 6) is 0.467. The van der Waals surface area contributed by atoms with Gasteiger partial charge in [-0.3, -0.25) is 4.79 Å². The summed E-state index contributed by atoms with van der Waals surface area (Å²) in [6, 6.07) is 20.4. The van der Waals surface area contributed by atoms with E-state index in [1.807, 2.05) is 80.5 Å². The normalized spacial score (nSPS) is 17.2. The average molecular weight is 521 g/mol. The number of ether oxygens (including phenoxy) is 3. The lowest BCUT2D eigenvalue weighted by Gasteiger charge is -2.29. The minimum Gasteiger partial charge on any atom is -0.497 e. The van der Waals surface area contributed by atoms with Crippen molar-refractivity contribution >= 4 is 29.3 Å². The van der Waals surface area contributed by atoms with Crippen molar-refractivity contribution in [3.8, 4) is 11.5 Å². The Morgan fingerprint density at radius 1 is 0.973 bits per heavy atom. The fourth-order valence-corrected chi connectivity index (χ4v) is 5.51. The number of amides is 1. The SMILES string of the molecule is COc1ccc([C@H]2Sc3cccc(OC)c3N(CCN(C)C)C(=O)[C@H]2OC(=O)c2ccc(C)cc2)cc1. The average Bonchev–Trinajstić information content (AvgIpc) is 3.02.